The first-order chi connectivity index (χ1) is 10.2. The number of methoxy groups -OCH3 is 1. The Morgan fingerprint density at radius 2 is 2.24 bits per heavy atom. The second-order valence-electron chi connectivity index (χ2n) is 5.43. The molecule has 0 aliphatic carbocycles. The lowest BCUT2D eigenvalue weighted by molar-refractivity contribution is -0.117. The number of amides is 1. The third-order valence-corrected chi connectivity index (χ3v) is 3.58. The summed E-state index contributed by atoms with van der Waals surface area (Å²) in [5, 5.41) is 2.88. The number of ether oxygens (including phenoxy) is 2. The van der Waals surface area contributed by atoms with Gasteiger partial charge < -0.3 is 14.8 Å². The number of likely N-dealkylation sites (N-methyl/N-ethyl adjacent to an activating group) is 1. The van der Waals surface area contributed by atoms with Crippen LogP contribution in [0, 0.1) is 0 Å². The predicted molar refractivity (Wildman–Crippen MR) is 82.7 cm³/mol. The van der Waals surface area contributed by atoms with Gasteiger partial charge in [-0.3, -0.25) is 9.69 Å². The van der Waals surface area contributed by atoms with Crippen molar-refractivity contribution in [2.75, 3.05) is 39.2 Å². The number of anilines is 1. The van der Waals surface area contributed by atoms with E-state index in [0.29, 0.717) is 18.0 Å². The molecule has 1 aromatic rings. The Hall–Kier alpha value is -1.59. The van der Waals surface area contributed by atoms with E-state index in [4.69, 9.17) is 9.47 Å². The number of carbonyl (C=O) groups is 1. The second kappa shape index (κ2) is 8.00. The third kappa shape index (κ3) is 5.02. The largest absolute Gasteiger partial charge is 0.495 e. The zero-order chi connectivity index (χ0) is 15.1. The molecule has 116 valence electrons. The molecule has 1 amide bonds. The monoisotopic (exact) mass is 292 g/mol. The molecule has 5 nitrogen and oxygen atoms in total. The van der Waals surface area contributed by atoms with Gasteiger partial charge in [-0.05, 0) is 38.4 Å². The molecule has 1 aliphatic heterocycles. The molecule has 1 aliphatic rings. The lowest BCUT2D eigenvalue weighted by Crippen LogP contribution is -2.37. The molecule has 1 atom stereocenters. The van der Waals surface area contributed by atoms with Gasteiger partial charge in [0, 0.05) is 13.2 Å². The van der Waals surface area contributed by atoms with Crippen LogP contribution in [-0.2, 0) is 9.53 Å². The maximum absolute atomic E-state index is 12.1. The summed E-state index contributed by atoms with van der Waals surface area (Å²) in [4.78, 5) is 14.1. The van der Waals surface area contributed by atoms with Crippen LogP contribution < -0.4 is 10.1 Å². The molecular formula is C16H24N2O3. The van der Waals surface area contributed by atoms with E-state index in [1.165, 1.54) is 6.42 Å². The molecule has 5 heteroatoms. The van der Waals surface area contributed by atoms with Gasteiger partial charge in [0.1, 0.15) is 5.75 Å². The number of benzene rings is 1. The van der Waals surface area contributed by atoms with Gasteiger partial charge in [-0.15, -0.1) is 0 Å². The van der Waals surface area contributed by atoms with Crippen LogP contribution in [0.1, 0.15) is 19.3 Å². The number of rotatable bonds is 6. The maximum atomic E-state index is 12.1. The molecule has 1 aromatic carbocycles. The van der Waals surface area contributed by atoms with Crippen LogP contribution in [0.2, 0.25) is 0 Å². The van der Waals surface area contributed by atoms with E-state index in [-0.39, 0.29) is 12.0 Å². The Morgan fingerprint density at radius 3 is 2.95 bits per heavy atom. The molecule has 0 radical (unpaired) electrons. The molecule has 1 fully saturated rings. The number of nitrogens with zero attached hydrogens (tertiary/aromatic N) is 1. The van der Waals surface area contributed by atoms with E-state index in [0.717, 1.165) is 26.0 Å². The average Bonchev–Trinajstić information content (AvgIpc) is 2.48. The molecule has 2 rings (SSSR count). The minimum absolute atomic E-state index is 0.0437. The van der Waals surface area contributed by atoms with Crippen LogP contribution in [0.5, 0.6) is 5.75 Å². The van der Waals surface area contributed by atoms with E-state index in [1.54, 1.807) is 7.11 Å². The zero-order valence-corrected chi connectivity index (χ0v) is 12.8. The van der Waals surface area contributed by atoms with Gasteiger partial charge in [0.2, 0.25) is 5.91 Å². The summed E-state index contributed by atoms with van der Waals surface area (Å²) in [6, 6.07) is 7.41. The number of nitrogens with one attached hydrogen (secondary N) is 1. The average molecular weight is 292 g/mol. The van der Waals surface area contributed by atoms with Crippen LogP contribution in [-0.4, -0.2) is 50.8 Å². The summed E-state index contributed by atoms with van der Waals surface area (Å²) < 4.78 is 10.9. The Bertz CT molecular complexity index is 459. The minimum Gasteiger partial charge on any atom is -0.495 e. The maximum Gasteiger partial charge on any atom is 0.238 e. The van der Waals surface area contributed by atoms with Gasteiger partial charge in [-0.2, -0.15) is 0 Å². The van der Waals surface area contributed by atoms with Crippen molar-refractivity contribution in [3.63, 3.8) is 0 Å². The molecule has 0 saturated carbocycles. The van der Waals surface area contributed by atoms with Crippen molar-refractivity contribution in [3.8, 4) is 5.75 Å². The van der Waals surface area contributed by atoms with Crippen molar-refractivity contribution in [2.45, 2.75) is 25.4 Å². The summed E-state index contributed by atoms with van der Waals surface area (Å²) in [7, 11) is 3.54. The first-order valence-corrected chi connectivity index (χ1v) is 7.42. The van der Waals surface area contributed by atoms with Gasteiger partial charge in [0.05, 0.1) is 25.4 Å². The Kier molecular flexibility index (Phi) is 6.02. The smallest absolute Gasteiger partial charge is 0.238 e. The van der Waals surface area contributed by atoms with E-state index in [9.17, 15) is 4.79 Å². The van der Waals surface area contributed by atoms with Crippen molar-refractivity contribution in [1.82, 2.24) is 4.90 Å². The van der Waals surface area contributed by atoms with Crippen LogP contribution >= 0.6 is 0 Å². The molecule has 1 N–H and O–H groups in total. The lowest BCUT2D eigenvalue weighted by atomic mass is 10.1. The van der Waals surface area contributed by atoms with Crippen molar-refractivity contribution in [1.29, 1.82) is 0 Å². The van der Waals surface area contributed by atoms with Crippen molar-refractivity contribution in [3.05, 3.63) is 24.3 Å². The van der Waals surface area contributed by atoms with Crippen LogP contribution in [0.25, 0.3) is 0 Å². The van der Waals surface area contributed by atoms with E-state index < -0.39 is 0 Å². The highest BCUT2D eigenvalue weighted by Crippen LogP contribution is 2.22. The number of hydrogen-bond acceptors (Lipinski definition) is 4. The van der Waals surface area contributed by atoms with E-state index in [2.05, 4.69) is 5.32 Å². The second-order valence-corrected chi connectivity index (χ2v) is 5.43. The number of carbonyl (C=O) groups excluding carboxylic acids is 1. The summed E-state index contributed by atoms with van der Waals surface area (Å²) in [5.41, 5.74) is 0.701. The van der Waals surface area contributed by atoms with E-state index in [1.807, 2.05) is 36.2 Å². The minimum atomic E-state index is -0.0437. The van der Waals surface area contributed by atoms with Gasteiger partial charge in [0.25, 0.3) is 0 Å². The Morgan fingerprint density at radius 1 is 1.43 bits per heavy atom. The highest BCUT2D eigenvalue weighted by atomic mass is 16.5. The molecule has 0 spiro atoms. The van der Waals surface area contributed by atoms with Gasteiger partial charge in [0.15, 0.2) is 0 Å². The first kappa shape index (κ1) is 15.8. The molecule has 1 heterocycles. The topological polar surface area (TPSA) is 50.8 Å². The summed E-state index contributed by atoms with van der Waals surface area (Å²) in [6.07, 6.45) is 3.70. The molecule has 21 heavy (non-hydrogen) atoms. The fourth-order valence-electron chi connectivity index (χ4n) is 2.55. The Labute approximate surface area is 126 Å². The fourth-order valence-corrected chi connectivity index (χ4v) is 2.55. The standard InChI is InChI=1S/C16H24N2O3/c1-18(11-13-7-5-6-10-21-13)12-16(19)17-14-8-3-4-9-15(14)20-2/h3-4,8-9,13H,5-7,10-12H2,1-2H3,(H,17,19). The quantitative estimate of drug-likeness (QED) is 0.872. The molecule has 0 aromatic heterocycles. The fraction of sp³-hybridized carbons (Fsp3) is 0.562. The highest BCUT2D eigenvalue weighted by Gasteiger charge is 2.17. The zero-order valence-electron chi connectivity index (χ0n) is 12.8. The number of para-hydroxylation sites is 2. The summed E-state index contributed by atoms with van der Waals surface area (Å²) in [6.45, 7) is 1.98. The van der Waals surface area contributed by atoms with Gasteiger partial charge in [-0.25, -0.2) is 0 Å². The van der Waals surface area contributed by atoms with Crippen molar-refractivity contribution in [2.24, 2.45) is 0 Å². The SMILES string of the molecule is COc1ccccc1NC(=O)CN(C)CC1CCCCO1. The van der Waals surface area contributed by atoms with Crippen LogP contribution in [0.3, 0.4) is 0 Å². The molecule has 1 saturated heterocycles. The lowest BCUT2D eigenvalue weighted by Gasteiger charge is -2.27. The van der Waals surface area contributed by atoms with Gasteiger partial charge >= 0.3 is 0 Å². The van der Waals surface area contributed by atoms with Crippen molar-refractivity contribution >= 4 is 11.6 Å². The highest BCUT2D eigenvalue weighted by molar-refractivity contribution is 5.93. The molecule has 1 unspecified atom stereocenters. The molecular weight excluding hydrogens is 268 g/mol. The van der Waals surface area contributed by atoms with Gasteiger partial charge in [-0.1, -0.05) is 12.1 Å². The molecule has 0 bridgehead atoms. The first-order valence-electron chi connectivity index (χ1n) is 7.42. The number of hydrogen-bond donors (Lipinski definition) is 1. The Balaban J connectivity index is 1.80. The van der Waals surface area contributed by atoms with Crippen LogP contribution in [0.15, 0.2) is 24.3 Å². The normalized spacial score (nSPS) is 18.5. The van der Waals surface area contributed by atoms with E-state index >= 15 is 0 Å². The predicted octanol–water partition coefficient (Wildman–Crippen LogP) is 2.13. The summed E-state index contributed by atoms with van der Waals surface area (Å²) >= 11 is 0. The van der Waals surface area contributed by atoms with Crippen molar-refractivity contribution < 1.29 is 14.3 Å². The third-order valence-electron chi connectivity index (χ3n) is 3.58. The van der Waals surface area contributed by atoms with Crippen LogP contribution in [0.4, 0.5) is 5.69 Å². The summed E-state index contributed by atoms with van der Waals surface area (Å²) in [5.74, 6) is 0.627.